The molecule has 2 aromatic heterocycles. The van der Waals surface area contributed by atoms with E-state index < -0.39 is 11.2 Å². The minimum Gasteiger partial charge on any atom is -0.455 e. The molecule has 0 radical (unpaired) electrons. The van der Waals surface area contributed by atoms with Gasteiger partial charge in [0.15, 0.2) is 17.5 Å². The third kappa shape index (κ3) is 3.08. The van der Waals surface area contributed by atoms with Crippen LogP contribution in [0.4, 0.5) is 10.1 Å². The number of rotatable bonds is 5. The normalized spacial score (nSPS) is 21.8. The fourth-order valence-electron chi connectivity index (χ4n) is 5.59. The molecule has 180 valence electrons. The second-order valence-corrected chi connectivity index (χ2v) is 9.79. The maximum Gasteiger partial charge on any atom is 0.396 e. The average Bonchev–Trinajstić information content (AvgIpc) is 3.50. The zero-order chi connectivity index (χ0) is 24.6. The molecule has 0 saturated carbocycles. The summed E-state index contributed by atoms with van der Waals surface area (Å²) in [6, 6.07) is 9.16. The summed E-state index contributed by atoms with van der Waals surface area (Å²) < 4.78 is 26.9. The van der Waals surface area contributed by atoms with Gasteiger partial charge < -0.3 is 10.1 Å². The van der Waals surface area contributed by atoms with Crippen molar-refractivity contribution in [1.29, 1.82) is 0 Å². The number of ether oxygens (including phenoxy) is 1. The fraction of sp³-hybridized carbons (Fsp3) is 0.250. The lowest BCUT2D eigenvalue weighted by Gasteiger charge is -2.25. The van der Waals surface area contributed by atoms with Gasteiger partial charge in [-0.05, 0) is 34.1 Å². The van der Waals surface area contributed by atoms with Crippen LogP contribution in [0.15, 0.2) is 45.8 Å². The molecule has 1 unspecified atom stereocenters. The lowest BCUT2D eigenvalue weighted by molar-refractivity contribution is -0.472. The summed E-state index contributed by atoms with van der Waals surface area (Å²) in [6.07, 6.45) is 1.71. The minimum atomic E-state index is -0.682. The van der Waals surface area contributed by atoms with E-state index in [2.05, 4.69) is 25.8 Å². The van der Waals surface area contributed by atoms with E-state index in [1.165, 1.54) is 12.1 Å². The van der Waals surface area contributed by atoms with Gasteiger partial charge in [-0.3, -0.25) is 4.79 Å². The van der Waals surface area contributed by atoms with E-state index >= 15 is 0 Å². The van der Waals surface area contributed by atoms with Crippen LogP contribution in [0.25, 0.3) is 11.0 Å². The van der Waals surface area contributed by atoms with Crippen molar-refractivity contribution >= 4 is 39.9 Å². The smallest absolute Gasteiger partial charge is 0.396 e. The van der Waals surface area contributed by atoms with E-state index in [0.29, 0.717) is 54.0 Å². The minimum absolute atomic E-state index is 0.0190. The van der Waals surface area contributed by atoms with Gasteiger partial charge in [0.1, 0.15) is 28.0 Å². The van der Waals surface area contributed by atoms with Crippen molar-refractivity contribution in [2.24, 2.45) is 5.41 Å². The molecule has 10 nitrogen and oxygen atoms in total. The van der Waals surface area contributed by atoms with Crippen molar-refractivity contribution in [2.75, 3.05) is 11.9 Å². The number of halogens is 2. The van der Waals surface area contributed by atoms with Gasteiger partial charge in [0.25, 0.3) is 5.56 Å². The lowest BCUT2D eigenvalue weighted by atomic mass is 9.76. The Kier molecular flexibility index (Phi) is 4.38. The van der Waals surface area contributed by atoms with E-state index in [4.69, 9.17) is 21.0 Å². The monoisotopic (exact) mass is 507 g/mol. The number of aromatic nitrogens is 4. The Hall–Kier alpha value is -4.12. The Morgan fingerprint density at radius 3 is 2.97 bits per heavy atom. The summed E-state index contributed by atoms with van der Waals surface area (Å²) in [4.78, 5) is 25.1. The number of aromatic amines is 1. The first kappa shape index (κ1) is 21.2. The highest BCUT2D eigenvalue weighted by atomic mass is 35.5. The molecule has 0 aliphatic carbocycles. The summed E-state index contributed by atoms with van der Waals surface area (Å²) in [6.45, 7) is 0.297. The first-order valence-electron chi connectivity index (χ1n) is 11.3. The molecule has 2 bridgehead atoms. The van der Waals surface area contributed by atoms with Crippen LogP contribution in [0.3, 0.4) is 0 Å². The summed E-state index contributed by atoms with van der Waals surface area (Å²) in [5.74, 6) is 0.00679. The summed E-state index contributed by atoms with van der Waals surface area (Å²) in [7, 11) is 0. The highest BCUT2D eigenvalue weighted by molar-refractivity contribution is 6.31. The topological polar surface area (TPSA) is 126 Å². The number of carbonyl (C=O) groups is 1. The van der Waals surface area contributed by atoms with E-state index in [1.807, 2.05) is 4.58 Å². The second-order valence-electron chi connectivity index (χ2n) is 9.38. The molecular formula is C24H17ClFN6O4+. The van der Waals surface area contributed by atoms with Crippen molar-refractivity contribution in [3.05, 3.63) is 68.8 Å². The van der Waals surface area contributed by atoms with Crippen LogP contribution in [0.2, 0.25) is 5.02 Å². The van der Waals surface area contributed by atoms with Gasteiger partial charge in [0.05, 0.1) is 17.1 Å². The number of hydrogen-bond acceptors (Lipinski definition) is 8. The number of nitrogens with zero attached hydrogens (tertiary/aromatic N) is 4. The van der Waals surface area contributed by atoms with Crippen LogP contribution < -0.4 is 15.6 Å². The third-order valence-corrected chi connectivity index (χ3v) is 7.46. The highest BCUT2D eigenvalue weighted by Gasteiger charge is 2.66. The van der Waals surface area contributed by atoms with Gasteiger partial charge in [-0.1, -0.05) is 11.6 Å². The third-order valence-electron chi connectivity index (χ3n) is 7.17. The average molecular weight is 508 g/mol. The first-order chi connectivity index (χ1) is 17.4. The molecule has 2 atom stereocenters. The van der Waals surface area contributed by atoms with E-state index in [0.717, 1.165) is 11.3 Å². The predicted molar refractivity (Wildman–Crippen MR) is 125 cm³/mol. The summed E-state index contributed by atoms with van der Waals surface area (Å²) >= 11 is 6.08. The van der Waals surface area contributed by atoms with Crippen LogP contribution in [0.5, 0.6) is 11.5 Å². The van der Waals surface area contributed by atoms with Crippen molar-refractivity contribution in [1.82, 2.24) is 20.5 Å². The van der Waals surface area contributed by atoms with Crippen LogP contribution in [0.1, 0.15) is 24.1 Å². The molecular weight excluding hydrogens is 491 g/mol. The number of nitrogens with one attached hydrogen (secondary N) is 2. The maximum absolute atomic E-state index is 14.4. The maximum atomic E-state index is 14.4. The van der Waals surface area contributed by atoms with Gasteiger partial charge in [-0.25, -0.2) is 18.9 Å². The Bertz CT molecular complexity index is 1700. The zero-order valence-corrected chi connectivity index (χ0v) is 19.3. The van der Waals surface area contributed by atoms with Gasteiger partial charge >= 0.3 is 5.91 Å². The van der Waals surface area contributed by atoms with Gasteiger partial charge in [-0.2, -0.15) is 9.67 Å². The number of amides is 1. The zero-order valence-electron chi connectivity index (χ0n) is 18.5. The molecule has 7 rings (SSSR count). The molecule has 12 heteroatoms. The molecule has 5 heterocycles. The molecule has 36 heavy (non-hydrogen) atoms. The summed E-state index contributed by atoms with van der Waals surface area (Å²) in [5.41, 5.74) is 2.95. The lowest BCUT2D eigenvalue weighted by Crippen LogP contribution is -2.39. The van der Waals surface area contributed by atoms with Crippen molar-refractivity contribution in [3.63, 3.8) is 0 Å². The van der Waals surface area contributed by atoms with Gasteiger partial charge in [-0.15, -0.1) is 0 Å². The largest absolute Gasteiger partial charge is 0.455 e. The molecule has 2 aromatic carbocycles. The van der Waals surface area contributed by atoms with E-state index in [1.54, 1.807) is 24.3 Å². The molecule has 3 aliphatic heterocycles. The van der Waals surface area contributed by atoms with Crippen molar-refractivity contribution in [2.45, 2.75) is 25.3 Å². The first-order valence-corrected chi connectivity index (χ1v) is 11.7. The Labute approximate surface area is 206 Å². The standard InChI is InChI=1S/C24H16ClFN6O4/c25-14-6-18(20(7-15(14)26)35-13-1-2-16-17(5-13)31-36-30-16)27-10-24-8-12-3-11-4-21(33)28-29-22(11)19(9-24)32(12)23(24)34/h1-2,4-7,12,27H,3,8-10H2/p+1/t12-,24?/m1/s1. The van der Waals surface area contributed by atoms with Crippen molar-refractivity contribution in [3.8, 4) is 11.5 Å². The Morgan fingerprint density at radius 2 is 2.08 bits per heavy atom. The van der Waals surface area contributed by atoms with Crippen LogP contribution in [0, 0.1) is 11.2 Å². The van der Waals surface area contributed by atoms with E-state index in [-0.39, 0.29) is 28.3 Å². The molecule has 1 saturated heterocycles. The van der Waals surface area contributed by atoms with E-state index in [9.17, 15) is 14.0 Å². The SMILES string of the molecule is O=C1[N+]2=C3CC1(CNc1cc(Cl)c(F)cc1Oc1ccc4nonc4c1)C[C@H]2Cc1cc(=O)[nH]nc13. The fourth-order valence-corrected chi connectivity index (χ4v) is 5.75. The van der Waals surface area contributed by atoms with Gasteiger partial charge in [0.2, 0.25) is 5.71 Å². The second kappa shape index (κ2) is 7.44. The van der Waals surface area contributed by atoms with Gasteiger partial charge in [0, 0.05) is 37.6 Å². The number of H-pyrrole nitrogens is 1. The van der Waals surface area contributed by atoms with Crippen LogP contribution >= 0.6 is 11.6 Å². The number of anilines is 1. The number of hydrogen-bond donors (Lipinski definition) is 2. The van der Waals surface area contributed by atoms with Crippen molar-refractivity contribution < 1.29 is 23.1 Å². The molecule has 0 spiro atoms. The molecule has 3 aliphatic rings. The quantitative estimate of drug-likeness (QED) is 0.395. The highest BCUT2D eigenvalue weighted by Crippen LogP contribution is 2.48. The molecule has 4 aromatic rings. The Balaban J connectivity index is 1.18. The van der Waals surface area contributed by atoms with Crippen LogP contribution in [-0.4, -0.2) is 49.3 Å². The number of carbonyl (C=O) groups excluding carboxylic acids is 1. The molecule has 2 N–H and O–H groups in total. The Morgan fingerprint density at radius 1 is 1.22 bits per heavy atom. The number of fused-ring (bicyclic) bond motifs is 4. The molecule has 1 fully saturated rings. The predicted octanol–water partition coefficient (Wildman–Crippen LogP) is 3.05. The van der Waals surface area contributed by atoms with Crippen LogP contribution in [-0.2, 0) is 11.2 Å². The molecule has 1 amide bonds. The summed E-state index contributed by atoms with van der Waals surface area (Å²) in [5, 5.41) is 17.5. The number of benzene rings is 2.